The fourth-order valence-electron chi connectivity index (χ4n) is 2.01. The van der Waals surface area contributed by atoms with E-state index in [-0.39, 0.29) is 11.5 Å². The molecule has 0 saturated heterocycles. The number of carboxylic acids is 1. The number of carbonyl (C=O) groups excluding carboxylic acids is 1. The smallest absolute Gasteiger partial charge is 0.335 e. The fourth-order valence-corrected chi connectivity index (χ4v) is 2.01. The average Bonchev–Trinajstić information content (AvgIpc) is 2.59. The molecule has 0 aliphatic carbocycles. The number of benzene rings is 2. The van der Waals surface area contributed by atoms with Crippen molar-refractivity contribution in [3.63, 3.8) is 0 Å². The molecule has 0 saturated carbocycles. The molecule has 5 heteroatoms. The highest BCUT2D eigenvalue weighted by Gasteiger charge is 2.11. The van der Waals surface area contributed by atoms with Crippen LogP contribution in [0.15, 0.2) is 54.6 Å². The van der Waals surface area contributed by atoms with Crippen LogP contribution in [-0.4, -0.2) is 23.6 Å². The lowest BCUT2D eigenvalue weighted by molar-refractivity contribution is -0.111. The van der Waals surface area contributed by atoms with Gasteiger partial charge in [-0.3, -0.25) is 4.79 Å². The van der Waals surface area contributed by atoms with Gasteiger partial charge in [-0.25, -0.2) is 4.79 Å². The van der Waals surface area contributed by atoms with Crippen LogP contribution in [0.3, 0.4) is 0 Å². The van der Waals surface area contributed by atoms with Crippen LogP contribution < -0.4 is 10.1 Å². The van der Waals surface area contributed by atoms with E-state index in [0.717, 1.165) is 12.0 Å². The van der Waals surface area contributed by atoms with E-state index in [2.05, 4.69) is 5.32 Å². The van der Waals surface area contributed by atoms with Gasteiger partial charge in [-0.1, -0.05) is 37.3 Å². The zero-order valence-electron chi connectivity index (χ0n) is 13.4. The molecule has 0 aliphatic rings. The molecule has 2 aromatic carbocycles. The molecular formula is C19H19NO4. The van der Waals surface area contributed by atoms with Crippen molar-refractivity contribution >= 4 is 23.6 Å². The number of carboxylic acid groups (broad SMARTS) is 1. The van der Waals surface area contributed by atoms with Gasteiger partial charge in [0.2, 0.25) is 5.91 Å². The van der Waals surface area contributed by atoms with Crippen LogP contribution in [0.1, 0.15) is 29.3 Å². The number of hydrogen-bond acceptors (Lipinski definition) is 3. The summed E-state index contributed by atoms with van der Waals surface area (Å²) in [7, 11) is 0. The Balaban J connectivity index is 2.16. The summed E-state index contributed by atoms with van der Waals surface area (Å²) in [6.07, 6.45) is 3.89. The van der Waals surface area contributed by atoms with Crippen LogP contribution in [0.5, 0.6) is 5.75 Å². The molecule has 0 aromatic heterocycles. The molecule has 124 valence electrons. The molecule has 2 N–H and O–H groups in total. The van der Waals surface area contributed by atoms with Crippen molar-refractivity contribution in [3.8, 4) is 5.75 Å². The summed E-state index contributed by atoms with van der Waals surface area (Å²) in [5.41, 5.74) is 1.32. The number of anilines is 1. The van der Waals surface area contributed by atoms with Crippen molar-refractivity contribution in [2.24, 2.45) is 0 Å². The second kappa shape index (κ2) is 8.53. The molecular weight excluding hydrogens is 306 g/mol. The van der Waals surface area contributed by atoms with Crippen molar-refractivity contribution in [2.75, 3.05) is 11.9 Å². The van der Waals surface area contributed by atoms with E-state index in [1.54, 1.807) is 12.1 Å². The summed E-state index contributed by atoms with van der Waals surface area (Å²) < 4.78 is 5.55. The highest BCUT2D eigenvalue weighted by atomic mass is 16.5. The average molecular weight is 325 g/mol. The van der Waals surface area contributed by atoms with Gasteiger partial charge in [-0.2, -0.15) is 0 Å². The number of amides is 1. The SMILES string of the molecule is CCCOc1ccc(C(=O)O)cc1NC(=O)/C=C/c1ccccc1. The molecule has 0 bridgehead atoms. The standard InChI is InChI=1S/C19H19NO4/c1-2-12-24-17-10-9-15(19(22)23)13-16(17)20-18(21)11-8-14-6-4-3-5-7-14/h3-11,13H,2,12H2,1H3,(H,20,21)(H,22,23)/b11-8+. The summed E-state index contributed by atoms with van der Waals surface area (Å²) in [6.45, 7) is 2.45. The Bertz CT molecular complexity index is 738. The number of nitrogens with one attached hydrogen (secondary N) is 1. The fraction of sp³-hybridized carbons (Fsp3) is 0.158. The third-order valence-electron chi connectivity index (χ3n) is 3.17. The monoisotopic (exact) mass is 325 g/mol. The zero-order valence-corrected chi connectivity index (χ0v) is 13.4. The Morgan fingerprint density at radius 2 is 1.92 bits per heavy atom. The number of carbonyl (C=O) groups is 2. The van der Waals surface area contributed by atoms with Gasteiger partial charge in [-0.05, 0) is 36.3 Å². The normalized spacial score (nSPS) is 10.5. The molecule has 5 nitrogen and oxygen atoms in total. The molecule has 2 rings (SSSR count). The first-order chi connectivity index (χ1) is 11.6. The maximum absolute atomic E-state index is 12.1. The van der Waals surface area contributed by atoms with Gasteiger partial charge >= 0.3 is 5.97 Å². The Hall–Kier alpha value is -3.08. The topological polar surface area (TPSA) is 75.6 Å². The van der Waals surface area contributed by atoms with Crippen LogP contribution in [0.2, 0.25) is 0 Å². The molecule has 0 fully saturated rings. The molecule has 0 unspecified atom stereocenters. The number of rotatable bonds is 7. The van der Waals surface area contributed by atoms with Crippen molar-refractivity contribution in [1.29, 1.82) is 0 Å². The molecule has 24 heavy (non-hydrogen) atoms. The first-order valence-corrected chi connectivity index (χ1v) is 7.64. The molecule has 0 heterocycles. The van der Waals surface area contributed by atoms with Crippen molar-refractivity contribution in [2.45, 2.75) is 13.3 Å². The van der Waals surface area contributed by atoms with Gasteiger partial charge in [-0.15, -0.1) is 0 Å². The number of aromatic carboxylic acids is 1. The maximum Gasteiger partial charge on any atom is 0.335 e. The molecule has 0 radical (unpaired) electrons. The van der Waals surface area contributed by atoms with Gasteiger partial charge in [0.05, 0.1) is 17.9 Å². The second-order valence-electron chi connectivity index (χ2n) is 5.10. The molecule has 0 atom stereocenters. The van der Waals surface area contributed by atoms with Crippen LogP contribution >= 0.6 is 0 Å². The van der Waals surface area contributed by atoms with Gasteiger partial charge in [0.15, 0.2) is 0 Å². The Labute approximate surface area is 140 Å². The minimum absolute atomic E-state index is 0.0844. The predicted molar refractivity (Wildman–Crippen MR) is 93.3 cm³/mol. The molecule has 1 amide bonds. The second-order valence-corrected chi connectivity index (χ2v) is 5.10. The summed E-state index contributed by atoms with van der Waals surface area (Å²) in [5, 5.41) is 11.8. The van der Waals surface area contributed by atoms with Crippen molar-refractivity contribution < 1.29 is 19.4 Å². The summed E-state index contributed by atoms with van der Waals surface area (Å²) in [4.78, 5) is 23.2. The third-order valence-corrected chi connectivity index (χ3v) is 3.17. The first kappa shape index (κ1) is 17.3. The lowest BCUT2D eigenvalue weighted by Gasteiger charge is -2.12. The van der Waals surface area contributed by atoms with Crippen molar-refractivity contribution in [3.05, 3.63) is 65.7 Å². The number of ether oxygens (including phenoxy) is 1. The molecule has 0 spiro atoms. The van der Waals surface area contributed by atoms with Crippen LogP contribution in [0, 0.1) is 0 Å². The quantitative estimate of drug-likeness (QED) is 0.759. The minimum atomic E-state index is -1.06. The highest BCUT2D eigenvalue weighted by molar-refractivity contribution is 6.03. The molecule has 2 aromatic rings. The van der Waals surface area contributed by atoms with E-state index in [0.29, 0.717) is 18.0 Å². The van der Waals surface area contributed by atoms with Gasteiger partial charge < -0.3 is 15.2 Å². The number of hydrogen-bond donors (Lipinski definition) is 2. The summed E-state index contributed by atoms with van der Waals surface area (Å²) in [5.74, 6) is -0.974. The third kappa shape index (κ3) is 4.98. The van der Waals surface area contributed by atoms with Gasteiger partial charge in [0.25, 0.3) is 0 Å². The van der Waals surface area contributed by atoms with Crippen LogP contribution in [0.4, 0.5) is 5.69 Å². The summed E-state index contributed by atoms with van der Waals surface area (Å²) in [6, 6.07) is 13.8. The van der Waals surface area contributed by atoms with E-state index in [9.17, 15) is 9.59 Å². The van der Waals surface area contributed by atoms with E-state index in [1.807, 2.05) is 37.3 Å². The Morgan fingerprint density at radius 3 is 2.58 bits per heavy atom. The van der Waals surface area contributed by atoms with E-state index in [1.165, 1.54) is 18.2 Å². The summed E-state index contributed by atoms with van der Waals surface area (Å²) >= 11 is 0. The zero-order chi connectivity index (χ0) is 17.4. The van der Waals surface area contributed by atoms with Crippen LogP contribution in [-0.2, 0) is 4.79 Å². The Kier molecular flexibility index (Phi) is 6.14. The molecule has 0 aliphatic heterocycles. The first-order valence-electron chi connectivity index (χ1n) is 7.64. The predicted octanol–water partition coefficient (Wildman–Crippen LogP) is 3.83. The Morgan fingerprint density at radius 1 is 1.17 bits per heavy atom. The largest absolute Gasteiger partial charge is 0.491 e. The minimum Gasteiger partial charge on any atom is -0.491 e. The lowest BCUT2D eigenvalue weighted by Crippen LogP contribution is -2.11. The van der Waals surface area contributed by atoms with E-state index in [4.69, 9.17) is 9.84 Å². The lowest BCUT2D eigenvalue weighted by atomic mass is 10.1. The van der Waals surface area contributed by atoms with Gasteiger partial charge in [0, 0.05) is 6.08 Å². The maximum atomic E-state index is 12.1. The highest BCUT2D eigenvalue weighted by Crippen LogP contribution is 2.26. The van der Waals surface area contributed by atoms with Crippen LogP contribution in [0.25, 0.3) is 6.08 Å². The van der Waals surface area contributed by atoms with E-state index < -0.39 is 5.97 Å². The van der Waals surface area contributed by atoms with Crippen molar-refractivity contribution in [1.82, 2.24) is 0 Å². The van der Waals surface area contributed by atoms with Gasteiger partial charge in [0.1, 0.15) is 5.75 Å². The van der Waals surface area contributed by atoms with E-state index >= 15 is 0 Å².